The molecular formula is C10H17N3O. The maximum atomic E-state index is 6.36. The first-order chi connectivity index (χ1) is 6.44. The Morgan fingerprint density at radius 1 is 1.57 bits per heavy atom. The molecule has 0 spiro atoms. The average Bonchev–Trinajstić information content (AvgIpc) is 2.58. The minimum atomic E-state index is -0.406. The van der Waals surface area contributed by atoms with Crippen LogP contribution < -0.4 is 5.73 Å². The Labute approximate surface area is 83.9 Å². The normalized spacial score (nSPS) is 36.1. The fourth-order valence-electron chi connectivity index (χ4n) is 2.72. The van der Waals surface area contributed by atoms with E-state index in [1.54, 1.807) is 0 Å². The summed E-state index contributed by atoms with van der Waals surface area (Å²) in [4.78, 5) is 4.08. The second-order valence-electron chi connectivity index (χ2n) is 5.24. The molecule has 14 heavy (non-hydrogen) atoms. The van der Waals surface area contributed by atoms with Crippen molar-refractivity contribution in [1.82, 2.24) is 10.1 Å². The lowest BCUT2D eigenvalue weighted by Crippen LogP contribution is -2.40. The molecule has 4 heteroatoms. The number of nitrogens with zero attached hydrogens (tertiary/aromatic N) is 2. The summed E-state index contributed by atoms with van der Waals surface area (Å²) >= 11 is 0. The summed E-state index contributed by atoms with van der Waals surface area (Å²) in [6.45, 7) is 6.63. The van der Waals surface area contributed by atoms with Gasteiger partial charge in [0.2, 0.25) is 6.39 Å². The minimum Gasteiger partial charge on any atom is -0.343 e. The Morgan fingerprint density at radius 2 is 2.29 bits per heavy atom. The van der Waals surface area contributed by atoms with Gasteiger partial charge in [-0.2, -0.15) is 4.98 Å². The zero-order valence-corrected chi connectivity index (χ0v) is 8.95. The maximum absolute atomic E-state index is 6.36. The number of hydrogen-bond donors (Lipinski definition) is 1. The summed E-state index contributed by atoms with van der Waals surface area (Å²) in [6, 6.07) is 0. The second-order valence-corrected chi connectivity index (χ2v) is 5.24. The highest BCUT2D eigenvalue weighted by atomic mass is 16.5. The molecule has 0 amide bonds. The molecule has 78 valence electrons. The lowest BCUT2D eigenvalue weighted by molar-refractivity contribution is 0.296. The highest BCUT2D eigenvalue weighted by molar-refractivity contribution is 5.11. The first-order valence-corrected chi connectivity index (χ1v) is 5.00. The van der Waals surface area contributed by atoms with Gasteiger partial charge in [0.15, 0.2) is 5.82 Å². The van der Waals surface area contributed by atoms with Crippen molar-refractivity contribution in [3.8, 4) is 0 Å². The van der Waals surface area contributed by atoms with E-state index >= 15 is 0 Å². The van der Waals surface area contributed by atoms with E-state index in [4.69, 9.17) is 10.3 Å². The Bertz CT molecular complexity index is 320. The predicted octanol–water partition coefficient (Wildman–Crippen LogP) is 1.68. The van der Waals surface area contributed by atoms with E-state index in [9.17, 15) is 0 Å². The van der Waals surface area contributed by atoms with Crippen LogP contribution in [0.25, 0.3) is 0 Å². The highest BCUT2D eigenvalue weighted by Crippen LogP contribution is 2.50. The van der Waals surface area contributed by atoms with Gasteiger partial charge in [-0.1, -0.05) is 25.9 Å². The molecule has 1 aliphatic rings. The van der Waals surface area contributed by atoms with E-state index in [0.29, 0.717) is 11.7 Å². The molecule has 1 aliphatic carbocycles. The molecule has 4 nitrogen and oxygen atoms in total. The molecule has 1 aromatic heterocycles. The molecule has 2 N–H and O–H groups in total. The first-order valence-electron chi connectivity index (χ1n) is 5.00. The van der Waals surface area contributed by atoms with Crippen molar-refractivity contribution in [2.45, 2.75) is 39.2 Å². The summed E-state index contributed by atoms with van der Waals surface area (Å²) in [7, 11) is 0. The fraction of sp³-hybridized carbons (Fsp3) is 0.800. The molecule has 0 aliphatic heterocycles. The van der Waals surface area contributed by atoms with Crippen LogP contribution >= 0.6 is 0 Å². The molecule has 1 fully saturated rings. The molecular weight excluding hydrogens is 178 g/mol. The van der Waals surface area contributed by atoms with Gasteiger partial charge in [-0.05, 0) is 24.2 Å². The van der Waals surface area contributed by atoms with Gasteiger partial charge in [-0.3, -0.25) is 0 Å². The zero-order chi connectivity index (χ0) is 10.4. The maximum Gasteiger partial charge on any atom is 0.213 e. The van der Waals surface area contributed by atoms with Crippen LogP contribution in [0.1, 0.15) is 39.4 Å². The van der Waals surface area contributed by atoms with E-state index < -0.39 is 5.54 Å². The average molecular weight is 195 g/mol. The van der Waals surface area contributed by atoms with Crippen LogP contribution in [0.3, 0.4) is 0 Å². The molecule has 2 unspecified atom stereocenters. The summed E-state index contributed by atoms with van der Waals surface area (Å²) in [5, 5.41) is 3.87. The van der Waals surface area contributed by atoms with Crippen molar-refractivity contribution in [2.75, 3.05) is 0 Å². The minimum absolute atomic E-state index is 0.273. The molecule has 0 saturated heterocycles. The van der Waals surface area contributed by atoms with Gasteiger partial charge in [0.05, 0.1) is 5.54 Å². The molecule has 0 bridgehead atoms. The van der Waals surface area contributed by atoms with Crippen molar-refractivity contribution >= 4 is 0 Å². The van der Waals surface area contributed by atoms with Crippen LogP contribution in [-0.4, -0.2) is 10.1 Å². The Kier molecular flexibility index (Phi) is 1.93. The van der Waals surface area contributed by atoms with E-state index in [1.807, 2.05) is 0 Å². The Balaban J connectivity index is 2.34. The summed E-state index contributed by atoms with van der Waals surface area (Å²) in [5.41, 5.74) is 6.23. The largest absolute Gasteiger partial charge is 0.343 e. The van der Waals surface area contributed by atoms with Crippen LogP contribution in [0.2, 0.25) is 0 Å². The quantitative estimate of drug-likeness (QED) is 0.740. The van der Waals surface area contributed by atoms with Crippen LogP contribution in [0, 0.1) is 11.3 Å². The van der Waals surface area contributed by atoms with Gasteiger partial charge < -0.3 is 10.3 Å². The van der Waals surface area contributed by atoms with Crippen LogP contribution in [0.15, 0.2) is 10.9 Å². The van der Waals surface area contributed by atoms with Gasteiger partial charge in [0.25, 0.3) is 0 Å². The zero-order valence-electron chi connectivity index (χ0n) is 8.95. The van der Waals surface area contributed by atoms with Gasteiger partial charge in [0.1, 0.15) is 0 Å². The predicted molar refractivity (Wildman–Crippen MR) is 52.3 cm³/mol. The van der Waals surface area contributed by atoms with E-state index in [-0.39, 0.29) is 5.41 Å². The molecule has 1 heterocycles. The monoisotopic (exact) mass is 195 g/mol. The van der Waals surface area contributed by atoms with Gasteiger partial charge in [0, 0.05) is 0 Å². The third-order valence-electron chi connectivity index (χ3n) is 3.29. The Morgan fingerprint density at radius 3 is 2.71 bits per heavy atom. The lowest BCUT2D eigenvalue weighted by atomic mass is 9.87. The molecule has 0 radical (unpaired) electrons. The standard InChI is InChI=1S/C10H17N3O/c1-7-4-9(2,3)5-10(7,11)8-12-6-14-13-8/h6-7H,4-5,11H2,1-3H3. The highest BCUT2D eigenvalue weighted by Gasteiger charge is 2.49. The SMILES string of the molecule is CC1CC(C)(C)CC1(N)c1ncon1. The van der Waals surface area contributed by atoms with Crippen molar-refractivity contribution in [2.24, 2.45) is 17.1 Å². The lowest BCUT2D eigenvalue weighted by Gasteiger charge is -2.25. The number of hydrogen-bond acceptors (Lipinski definition) is 4. The Hall–Kier alpha value is -0.900. The fourth-order valence-corrected chi connectivity index (χ4v) is 2.72. The van der Waals surface area contributed by atoms with Crippen molar-refractivity contribution in [3.63, 3.8) is 0 Å². The van der Waals surface area contributed by atoms with Crippen LogP contribution in [0.5, 0.6) is 0 Å². The summed E-state index contributed by atoms with van der Waals surface area (Å²) < 4.78 is 4.77. The number of nitrogens with two attached hydrogens (primary N) is 1. The van der Waals surface area contributed by atoms with Gasteiger partial charge >= 0.3 is 0 Å². The second kappa shape index (κ2) is 2.79. The van der Waals surface area contributed by atoms with Crippen LogP contribution in [0.4, 0.5) is 0 Å². The molecule has 1 saturated carbocycles. The first kappa shape index (κ1) is 9.65. The van der Waals surface area contributed by atoms with E-state index in [0.717, 1.165) is 12.8 Å². The molecule has 1 aromatic rings. The van der Waals surface area contributed by atoms with Gasteiger partial charge in [-0.15, -0.1) is 0 Å². The number of aromatic nitrogens is 2. The van der Waals surface area contributed by atoms with Crippen molar-refractivity contribution in [3.05, 3.63) is 12.2 Å². The van der Waals surface area contributed by atoms with Crippen molar-refractivity contribution < 1.29 is 4.52 Å². The van der Waals surface area contributed by atoms with E-state index in [2.05, 4.69) is 30.9 Å². The summed E-state index contributed by atoms with van der Waals surface area (Å²) in [6.07, 6.45) is 3.38. The van der Waals surface area contributed by atoms with Crippen molar-refractivity contribution in [1.29, 1.82) is 0 Å². The third-order valence-corrected chi connectivity index (χ3v) is 3.29. The molecule has 0 aromatic carbocycles. The van der Waals surface area contributed by atoms with Gasteiger partial charge in [-0.25, -0.2) is 0 Å². The van der Waals surface area contributed by atoms with Crippen LogP contribution in [-0.2, 0) is 5.54 Å². The van der Waals surface area contributed by atoms with E-state index in [1.165, 1.54) is 6.39 Å². The number of rotatable bonds is 1. The molecule has 2 rings (SSSR count). The third kappa shape index (κ3) is 1.34. The summed E-state index contributed by atoms with van der Waals surface area (Å²) in [5.74, 6) is 1.05. The molecule has 2 atom stereocenters. The topological polar surface area (TPSA) is 64.9 Å². The smallest absolute Gasteiger partial charge is 0.213 e.